The zero-order valence-electron chi connectivity index (χ0n) is 13.6. The van der Waals surface area contributed by atoms with E-state index in [0.29, 0.717) is 5.92 Å². The summed E-state index contributed by atoms with van der Waals surface area (Å²) in [5.41, 5.74) is 1.43. The third kappa shape index (κ3) is 4.45. The van der Waals surface area contributed by atoms with Gasteiger partial charge >= 0.3 is 0 Å². The average molecular weight is 312 g/mol. The number of likely N-dealkylation sites (tertiary alicyclic amines) is 1. The van der Waals surface area contributed by atoms with E-state index in [1.165, 1.54) is 18.4 Å². The Kier molecular flexibility index (Phi) is 5.48. The molecule has 0 N–H and O–H groups in total. The summed E-state index contributed by atoms with van der Waals surface area (Å²) in [5.74, 6) is 2.43. The zero-order chi connectivity index (χ0) is 15.9. The normalized spacial score (nSPS) is 16.2. The molecule has 1 aromatic heterocycles. The summed E-state index contributed by atoms with van der Waals surface area (Å²) in [4.78, 5) is 6.59. The second-order valence-electron chi connectivity index (χ2n) is 5.92. The zero-order valence-corrected chi connectivity index (χ0v) is 13.6. The Morgan fingerprint density at radius 2 is 1.65 bits per heavy atom. The first-order valence-electron chi connectivity index (χ1n) is 8.24. The largest absolute Gasteiger partial charge is 0.497 e. The van der Waals surface area contributed by atoms with E-state index in [4.69, 9.17) is 9.47 Å². The number of piperidine rings is 1. The quantitative estimate of drug-likeness (QED) is 0.819. The van der Waals surface area contributed by atoms with Crippen molar-refractivity contribution >= 4 is 0 Å². The molecule has 1 aliphatic rings. The molecular weight excluding hydrogens is 288 g/mol. The smallest absolute Gasteiger partial charge is 0.119 e. The molecule has 122 valence electrons. The Labute approximate surface area is 138 Å². The summed E-state index contributed by atoms with van der Waals surface area (Å²) in [6.45, 7) is 3.99. The van der Waals surface area contributed by atoms with Gasteiger partial charge in [0.2, 0.25) is 0 Å². The van der Waals surface area contributed by atoms with E-state index in [9.17, 15) is 0 Å². The number of methoxy groups -OCH3 is 1. The van der Waals surface area contributed by atoms with E-state index < -0.39 is 0 Å². The first-order chi connectivity index (χ1) is 11.3. The fraction of sp³-hybridized carbons (Fsp3) is 0.421. The average Bonchev–Trinajstić information content (AvgIpc) is 2.64. The fourth-order valence-electron chi connectivity index (χ4n) is 3.09. The molecule has 1 saturated heterocycles. The predicted molar refractivity (Wildman–Crippen MR) is 91.1 cm³/mol. The van der Waals surface area contributed by atoms with Gasteiger partial charge in [-0.2, -0.15) is 0 Å². The molecule has 0 radical (unpaired) electrons. The summed E-state index contributed by atoms with van der Waals surface area (Å²) in [6, 6.07) is 12.0. The molecule has 0 unspecified atom stereocenters. The van der Waals surface area contributed by atoms with Crippen LogP contribution in [-0.2, 0) is 0 Å². The van der Waals surface area contributed by atoms with Gasteiger partial charge in [-0.1, -0.05) is 0 Å². The van der Waals surface area contributed by atoms with Gasteiger partial charge in [0.1, 0.15) is 18.1 Å². The highest BCUT2D eigenvalue weighted by molar-refractivity contribution is 5.31. The lowest BCUT2D eigenvalue weighted by atomic mass is 9.90. The third-order valence-corrected chi connectivity index (χ3v) is 4.50. The SMILES string of the molecule is COc1ccc(OCCN2CCC(c3ccncc3)CC2)cc1. The topological polar surface area (TPSA) is 34.6 Å². The number of aromatic nitrogens is 1. The fourth-order valence-corrected chi connectivity index (χ4v) is 3.09. The first-order valence-corrected chi connectivity index (χ1v) is 8.24. The van der Waals surface area contributed by atoms with Crippen molar-refractivity contribution in [2.75, 3.05) is 33.4 Å². The molecule has 0 aliphatic carbocycles. The summed E-state index contributed by atoms with van der Waals surface area (Å²) in [6.07, 6.45) is 6.22. The molecule has 1 aromatic carbocycles. The second kappa shape index (κ2) is 7.97. The maximum Gasteiger partial charge on any atom is 0.119 e. The number of benzene rings is 1. The number of ether oxygens (including phenoxy) is 2. The van der Waals surface area contributed by atoms with Crippen LogP contribution in [0.15, 0.2) is 48.8 Å². The molecule has 1 fully saturated rings. The molecule has 0 bridgehead atoms. The van der Waals surface area contributed by atoms with E-state index in [1.807, 2.05) is 36.7 Å². The maximum absolute atomic E-state index is 5.81. The molecule has 0 atom stereocenters. The van der Waals surface area contributed by atoms with E-state index in [2.05, 4.69) is 22.0 Å². The number of hydrogen-bond acceptors (Lipinski definition) is 4. The van der Waals surface area contributed by atoms with Crippen molar-refractivity contribution in [2.24, 2.45) is 0 Å². The van der Waals surface area contributed by atoms with Crippen LogP contribution in [0, 0.1) is 0 Å². The Balaban J connectivity index is 1.39. The van der Waals surface area contributed by atoms with Crippen LogP contribution in [0.2, 0.25) is 0 Å². The van der Waals surface area contributed by atoms with Gasteiger partial charge in [0.05, 0.1) is 7.11 Å². The number of pyridine rings is 1. The van der Waals surface area contributed by atoms with E-state index in [1.54, 1.807) is 7.11 Å². The summed E-state index contributed by atoms with van der Waals surface area (Å²) < 4.78 is 11.0. The van der Waals surface area contributed by atoms with Gasteiger partial charge in [-0.3, -0.25) is 9.88 Å². The van der Waals surface area contributed by atoms with Crippen molar-refractivity contribution in [1.82, 2.24) is 9.88 Å². The van der Waals surface area contributed by atoms with Crippen LogP contribution in [0.1, 0.15) is 24.3 Å². The van der Waals surface area contributed by atoms with Crippen molar-refractivity contribution in [3.05, 3.63) is 54.4 Å². The van der Waals surface area contributed by atoms with Crippen molar-refractivity contribution in [1.29, 1.82) is 0 Å². The van der Waals surface area contributed by atoms with Gasteiger partial charge in [0.15, 0.2) is 0 Å². The predicted octanol–water partition coefficient (Wildman–Crippen LogP) is 3.35. The van der Waals surface area contributed by atoms with Gasteiger partial charge < -0.3 is 9.47 Å². The van der Waals surface area contributed by atoms with Crippen LogP contribution < -0.4 is 9.47 Å². The highest BCUT2D eigenvalue weighted by Gasteiger charge is 2.20. The number of nitrogens with zero attached hydrogens (tertiary/aromatic N) is 2. The third-order valence-electron chi connectivity index (χ3n) is 4.50. The molecule has 2 heterocycles. The van der Waals surface area contributed by atoms with Crippen LogP contribution >= 0.6 is 0 Å². The minimum Gasteiger partial charge on any atom is -0.497 e. The molecule has 0 saturated carbocycles. The van der Waals surface area contributed by atoms with Crippen molar-refractivity contribution in [3.8, 4) is 11.5 Å². The van der Waals surface area contributed by atoms with Crippen LogP contribution in [0.25, 0.3) is 0 Å². The van der Waals surface area contributed by atoms with Gasteiger partial charge in [0.25, 0.3) is 0 Å². The van der Waals surface area contributed by atoms with Crippen LogP contribution in [-0.4, -0.2) is 43.2 Å². The maximum atomic E-state index is 5.81. The van der Waals surface area contributed by atoms with Gasteiger partial charge in [0, 0.05) is 18.9 Å². The molecule has 0 amide bonds. The Hall–Kier alpha value is -2.07. The van der Waals surface area contributed by atoms with Crippen LogP contribution in [0.3, 0.4) is 0 Å². The van der Waals surface area contributed by atoms with Crippen LogP contribution in [0.5, 0.6) is 11.5 Å². The van der Waals surface area contributed by atoms with Crippen molar-refractivity contribution in [3.63, 3.8) is 0 Å². The summed E-state index contributed by atoms with van der Waals surface area (Å²) >= 11 is 0. The molecule has 4 nitrogen and oxygen atoms in total. The molecule has 4 heteroatoms. The second-order valence-corrected chi connectivity index (χ2v) is 5.92. The lowest BCUT2D eigenvalue weighted by Gasteiger charge is -2.32. The Morgan fingerprint density at radius 3 is 2.30 bits per heavy atom. The minimum absolute atomic E-state index is 0.678. The van der Waals surface area contributed by atoms with Crippen molar-refractivity contribution in [2.45, 2.75) is 18.8 Å². The van der Waals surface area contributed by atoms with E-state index in [-0.39, 0.29) is 0 Å². The standard InChI is InChI=1S/C19H24N2O2/c1-22-18-2-4-19(5-3-18)23-15-14-21-12-8-17(9-13-21)16-6-10-20-11-7-16/h2-7,10-11,17H,8-9,12-15H2,1H3. The first kappa shape index (κ1) is 15.8. The number of rotatable bonds is 6. The summed E-state index contributed by atoms with van der Waals surface area (Å²) in [7, 11) is 1.67. The molecule has 0 spiro atoms. The van der Waals surface area contributed by atoms with Gasteiger partial charge in [-0.05, 0) is 73.8 Å². The van der Waals surface area contributed by atoms with E-state index >= 15 is 0 Å². The monoisotopic (exact) mass is 312 g/mol. The Bertz CT molecular complexity index is 578. The number of hydrogen-bond donors (Lipinski definition) is 0. The lowest BCUT2D eigenvalue weighted by molar-refractivity contribution is 0.173. The molecule has 1 aliphatic heterocycles. The Morgan fingerprint density at radius 1 is 1.00 bits per heavy atom. The van der Waals surface area contributed by atoms with Crippen LogP contribution in [0.4, 0.5) is 0 Å². The molecule has 3 rings (SSSR count). The lowest BCUT2D eigenvalue weighted by Crippen LogP contribution is -2.35. The minimum atomic E-state index is 0.678. The highest BCUT2D eigenvalue weighted by atomic mass is 16.5. The molecule has 23 heavy (non-hydrogen) atoms. The molecule has 2 aromatic rings. The molecular formula is C19H24N2O2. The van der Waals surface area contributed by atoms with Gasteiger partial charge in [-0.15, -0.1) is 0 Å². The van der Waals surface area contributed by atoms with E-state index in [0.717, 1.165) is 37.7 Å². The summed E-state index contributed by atoms with van der Waals surface area (Å²) in [5, 5.41) is 0. The van der Waals surface area contributed by atoms with Crippen molar-refractivity contribution < 1.29 is 9.47 Å². The van der Waals surface area contributed by atoms with Gasteiger partial charge in [-0.25, -0.2) is 0 Å². The highest BCUT2D eigenvalue weighted by Crippen LogP contribution is 2.27.